The van der Waals surface area contributed by atoms with Crippen LogP contribution in [0.2, 0.25) is 0 Å². The number of hydrogen-bond donors (Lipinski definition) is 1. The first-order valence-corrected chi connectivity index (χ1v) is 7.72. The molecule has 21 heavy (non-hydrogen) atoms. The molecule has 0 radical (unpaired) electrons. The molecular formula is C16H22FN3O. The van der Waals surface area contributed by atoms with E-state index in [1.54, 1.807) is 6.07 Å². The first-order valence-electron chi connectivity index (χ1n) is 7.72. The lowest BCUT2D eigenvalue weighted by Crippen LogP contribution is -2.35. The average Bonchev–Trinajstić information content (AvgIpc) is 3.09. The van der Waals surface area contributed by atoms with Crippen molar-refractivity contribution < 1.29 is 9.13 Å². The van der Waals surface area contributed by atoms with E-state index in [1.165, 1.54) is 6.07 Å². The smallest absolute Gasteiger partial charge is 0.151 e. The molecule has 1 aromatic heterocycles. The number of nitrogens with zero attached hydrogens (tertiary/aromatic N) is 2. The number of aryl methyl sites for hydroxylation is 1. The molecule has 2 atom stereocenters. The number of nitrogens with one attached hydrogen (secondary N) is 1. The highest BCUT2D eigenvalue weighted by molar-refractivity contribution is 5.76. The van der Waals surface area contributed by atoms with Crippen molar-refractivity contribution in [2.24, 2.45) is 0 Å². The largest absolute Gasteiger partial charge is 0.379 e. The van der Waals surface area contributed by atoms with Crippen LogP contribution in [-0.2, 0) is 11.3 Å². The van der Waals surface area contributed by atoms with Gasteiger partial charge in [0.2, 0.25) is 0 Å². The molecule has 1 N–H and O–H groups in total. The number of benzene rings is 1. The highest BCUT2D eigenvalue weighted by Gasteiger charge is 2.33. The molecule has 2 heterocycles. The highest BCUT2D eigenvalue weighted by Crippen LogP contribution is 2.29. The molecule has 1 aromatic carbocycles. The Hall–Kier alpha value is -1.46. The predicted molar refractivity (Wildman–Crippen MR) is 81.0 cm³/mol. The zero-order valence-electron chi connectivity index (χ0n) is 12.6. The number of hydrogen-bond acceptors (Lipinski definition) is 3. The molecular weight excluding hydrogens is 269 g/mol. The Morgan fingerprint density at radius 3 is 3.00 bits per heavy atom. The van der Waals surface area contributed by atoms with Gasteiger partial charge in [-0.3, -0.25) is 0 Å². The summed E-state index contributed by atoms with van der Waals surface area (Å²) in [6.07, 6.45) is 1.09. The van der Waals surface area contributed by atoms with E-state index < -0.39 is 0 Å². The highest BCUT2D eigenvalue weighted by atomic mass is 19.1. The van der Waals surface area contributed by atoms with Crippen molar-refractivity contribution in [3.63, 3.8) is 0 Å². The van der Waals surface area contributed by atoms with Crippen LogP contribution in [-0.4, -0.2) is 35.4 Å². The van der Waals surface area contributed by atoms with Crippen molar-refractivity contribution >= 4 is 11.0 Å². The lowest BCUT2D eigenvalue weighted by molar-refractivity contribution is 0.187. The van der Waals surface area contributed by atoms with E-state index in [0.717, 1.165) is 30.9 Å². The quantitative estimate of drug-likeness (QED) is 0.920. The van der Waals surface area contributed by atoms with Gasteiger partial charge in [0.1, 0.15) is 11.3 Å². The van der Waals surface area contributed by atoms with Crippen LogP contribution in [0, 0.1) is 5.82 Å². The van der Waals surface area contributed by atoms with Gasteiger partial charge in [0, 0.05) is 12.6 Å². The van der Waals surface area contributed by atoms with E-state index in [1.807, 2.05) is 6.07 Å². The van der Waals surface area contributed by atoms with Gasteiger partial charge in [-0.25, -0.2) is 9.37 Å². The first kappa shape index (κ1) is 14.5. The lowest BCUT2D eigenvalue weighted by Gasteiger charge is -2.19. The summed E-state index contributed by atoms with van der Waals surface area (Å²) in [5, 5.41) is 3.52. The van der Waals surface area contributed by atoms with Crippen LogP contribution < -0.4 is 5.32 Å². The molecule has 2 aromatic rings. The Balaban J connectivity index is 2.01. The van der Waals surface area contributed by atoms with E-state index in [4.69, 9.17) is 4.74 Å². The summed E-state index contributed by atoms with van der Waals surface area (Å²) in [5.41, 5.74) is 1.34. The van der Waals surface area contributed by atoms with Crippen molar-refractivity contribution in [2.75, 3.05) is 19.8 Å². The minimum absolute atomic E-state index is 0.184. The van der Waals surface area contributed by atoms with Gasteiger partial charge in [-0.2, -0.15) is 0 Å². The van der Waals surface area contributed by atoms with Gasteiger partial charge in [0.25, 0.3) is 0 Å². The second-order valence-electron chi connectivity index (χ2n) is 5.53. The first-order chi connectivity index (χ1) is 10.3. The van der Waals surface area contributed by atoms with Gasteiger partial charge < -0.3 is 14.6 Å². The van der Waals surface area contributed by atoms with Crippen molar-refractivity contribution in [2.45, 2.75) is 38.8 Å². The Morgan fingerprint density at radius 2 is 2.24 bits per heavy atom. The topological polar surface area (TPSA) is 39.1 Å². The number of fused-ring (bicyclic) bond motifs is 1. The van der Waals surface area contributed by atoms with E-state index in [0.29, 0.717) is 18.7 Å². The number of aromatic nitrogens is 2. The van der Waals surface area contributed by atoms with Crippen LogP contribution in [0.25, 0.3) is 11.0 Å². The maximum absolute atomic E-state index is 14.0. The molecule has 0 aliphatic carbocycles. The van der Waals surface area contributed by atoms with Gasteiger partial charge in [0.15, 0.2) is 5.82 Å². The fraction of sp³-hybridized carbons (Fsp3) is 0.562. The van der Waals surface area contributed by atoms with E-state index >= 15 is 0 Å². The molecule has 1 fully saturated rings. The zero-order chi connectivity index (χ0) is 14.8. The molecule has 0 saturated carbocycles. The summed E-state index contributed by atoms with van der Waals surface area (Å²) in [7, 11) is 0. The fourth-order valence-corrected chi connectivity index (χ4v) is 3.09. The second kappa shape index (κ2) is 6.12. The van der Waals surface area contributed by atoms with E-state index in [-0.39, 0.29) is 17.8 Å². The number of para-hydroxylation sites is 1. The summed E-state index contributed by atoms with van der Waals surface area (Å²) in [6, 6.07) is 5.41. The monoisotopic (exact) mass is 291 g/mol. The van der Waals surface area contributed by atoms with Crippen molar-refractivity contribution in [3.05, 3.63) is 29.8 Å². The summed E-state index contributed by atoms with van der Waals surface area (Å²) < 4.78 is 21.7. The molecule has 3 rings (SSSR count). The maximum Gasteiger partial charge on any atom is 0.151 e. The fourth-order valence-electron chi connectivity index (χ4n) is 3.09. The number of imidazole rings is 1. The average molecular weight is 291 g/mol. The van der Waals surface area contributed by atoms with Gasteiger partial charge in [-0.05, 0) is 32.0 Å². The van der Waals surface area contributed by atoms with Gasteiger partial charge in [0.05, 0.1) is 24.6 Å². The normalized spacial score (nSPS) is 22.2. The number of ether oxygens (including phenoxy) is 1. The standard InChI is InChI=1S/C16H22FN3O/c1-3-8-18-13-10-21-9-11(13)16-19-15-12(17)6-5-7-14(15)20(16)4-2/h5-7,11,13,18H,3-4,8-10H2,1-2H3. The van der Waals surface area contributed by atoms with E-state index in [2.05, 4.69) is 28.7 Å². The van der Waals surface area contributed by atoms with Gasteiger partial charge in [-0.15, -0.1) is 0 Å². The molecule has 0 spiro atoms. The third-order valence-corrected chi connectivity index (χ3v) is 4.14. The zero-order valence-corrected chi connectivity index (χ0v) is 12.6. The Bertz CT molecular complexity index is 625. The summed E-state index contributed by atoms with van der Waals surface area (Å²) in [6.45, 7) is 7.30. The SMILES string of the molecule is CCCNC1COCC1c1nc2c(F)cccc2n1CC. The third-order valence-electron chi connectivity index (χ3n) is 4.14. The molecule has 0 bridgehead atoms. The Labute approximate surface area is 124 Å². The van der Waals surface area contributed by atoms with Crippen molar-refractivity contribution in [1.29, 1.82) is 0 Å². The van der Waals surface area contributed by atoms with Crippen LogP contribution in [0.3, 0.4) is 0 Å². The minimum atomic E-state index is -0.252. The Morgan fingerprint density at radius 1 is 1.38 bits per heavy atom. The van der Waals surface area contributed by atoms with Crippen LogP contribution in [0.4, 0.5) is 4.39 Å². The molecule has 1 aliphatic heterocycles. The van der Waals surface area contributed by atoms with Crippen LogP contribution in [0.15, 0.2) is 18.2 Å². The van der Waals surface area contributed by atoms with Crippen LogP contribution in [0.5, 0.6) is 0 Å². The van der Waals surface area contributed by atoms with Crippen LogP contribution >= 0.6 is 0 Å². The van der Waals surface area contributed by atoms with Gasteiger partial charge >= 0.3 is 0 Å². The molecule has 0 amide bonds. The van der Waals surface area contributed by atoms with Gasteiger partial charge in [-0.1, -0.05) is 13.0 Å². The van der Waals surface area contributed by atoms with E-state index in [9.17, 15) is 4.39 Å². The number of rotatable bonds is 5. The third kappa shape index (κ3) is 2.56. The lowest BCUT2D eigenvalue weighted by atomic mass is 10.0. The molecule has 2 unspecified atom stereocenters. The summed E-state index contributed by atoms with van der Waals surface area (Å²) in [5.74, 6) is 0.866. The van der Waals surface area contributed by atoms with Crippen molar-refractivity contribution in [3.8, 4) is 0 Å². The number of halogens is 1. The minimum Gasteiger partial charge on any atom is -0.379 e. The molecule has 114 valence electrons. The predicted octanol–water partition coefficient (Wildman–Crippen LogP) is 2.68. The maximum atomic E-state index is 14.0. The summed E-state index contributed by atoms with van der Waals surface area (Å²) in [4.78, 5) is 4.59. The second-order valence-corrected chi connectivity index (χ2v) is 5.53. The molecule has 1 aliphatic rings. The Kier molecular flexibility index (Phi) is 4.22. The molecule has 1 saturated heterocycles. The van der Waals surface area contributed by atoms with Crippen LogP contribution in [0.1, 0.15) is 32.0 Å². The summed E-state index contributed by atoms with van der Waals surface area (Å²) >= 11 is 0. The van der Waals surface area contributed by atoms with Crippen molar-refractivity contribution in [1.82, 2.24) is 14.9 Å². The molecule has 4 nitrogen and oxygen atoms in total. The molecule has 5 heteroatoms.